The van der Waals surface area contributed by atoms with Crippen molar-refractivity contribution in [3.05, 3.63) is 77.6 Å². The van der Waals surface area contributed by atoms with Gasteiger partial charge >= 0.3 is 6.03 Å². The maximum atomic E-state index is 13.0. The molecule has 2 aliphatic rings. The fraction of sp³-hybridized carbons (Fsp3) is 0.370. The summed E-state index contributed by atoms with van der Waals surface area (Å²) in [5, 5.41) is 4.17. The second-order valence-corrected chi connectivity index (χ2v) is 9.13. The van der Waals surface area contributed by atoms with Crippen molar-refractivity contribution < 1.29 is 14.3 Å². The molecule has 0 aliphatic carbocycles. The van der Waals surface area contributed by atoms with Crippen LogP contribution in [-0.2, 0) is 11.3 Å². The average molecular weight is 474 g/mol. The Labute approximate surface area is 205 Å². The molecule has 8 heteroatoms. The molecule has 8 nitrogen and oxygen atoms in total. The van der Waals surface area contributed by atoms with Gasteiger partial charge in [0.05, 0.1) is 25.0 Å². The van der Waals surface area contributed by atoms with E-state index in [0.29, 0.717) is 45.0 Å². The first-order chi connectivity index (χ1) is 17.1. The van der Waals surface area contributed by atoms with Crippen molar-refractivity contribution in [2.45, 2.75) is 13.5 Å². The van der Waals surface area contributed by atoms with E-state index in [4.69, 9.17) is 4.74 Å². The molecule has 2 aromatic carbocycles. The SMILES string of the molecule is Cc1cc(-c2ccccc2)ccc1CN1CCN(C(=O)n2cc(C(=O)N3CCOCC3)cn2)CC1. The standard InChI is InChI=1S/C27H31N5O3/c1-21-17-23(22-5-3-2-4-6-22)7-8-24(21)19-29-9-11-31(12-10-29)27(34)32-20-25(18-28-32)26(33)30-13-15-35-16-14-30/h2-8,17-18,20H,9-16,19H2,1H3. The highest BCUT2D eigenvalue weighted by atomic mass is 16.5. The Morgan fingerprint density at radius 3 is 2.34 bits per heavy atom. The van der Waals surface area contributed by atoms with Crippen molar-refractivity contribution in [2.24, 2.45) is 0 Å². The van der Waals surface area contributed by atoms with Crippen molar-refractivity contribution in [1.82, 2.24) is 24.5 Å². The molecule has 2 amide bonds. The summed E-state index contributed by atoms with van der Waals surface area (Å²) >= 11 is 0. The lowest BCUT2D eigenvalue weighted by Gasteiger charge is -2.34. The fourth-order valence-electron chi connectivity index (χ4n) is 4.65. The first kappa shape index (κ1) is 23.3. The van der Waals surface area contributed by atoms with Crippen molar-refractivity contribution in [1.29, 1.82) is 0 Å². The number of carbonyl (C=O) groups excluding carboxylic acids is 2. The maximum absolute atomic E-state index is 13.0. The molecule has 0 unspecified atom stereocenters. The second-order valence-electron chi connectivity index (χ2n) is 9.13. The minimum atomic E-state index is -0.186. The normalized spacial score (nSPS) is 16.9. The van der Waals surface area contributed by atoms with E-state index in [2.05, 4.69) is 59.4 Å². The number of rotatable bonds is 4. The molecular formula is C27H31N5O3. The summed E-state index contributed by atoms with van der Waals surface area (Å²) in [6.07, 6.45) is 3.03. The minimum Gasteiger partial charge on any atom is -0.378 e. The lowest BCUT2D eigenvalue weighted by atomic mass is 9.99. The Morgan fingerprint density at radius 2 is 1.63 bits per heavy atom. The zero-order chi connectivity index (χ0) is 24.2. The van der Waals surface area contributed by atoms with Crippen LogP contribution in [0.15, 0.2) is 60.9 Å². The highest BCUT2D eigenvalue weighted by molar-refractivity contribution is 5.94. The van der Waals surface area contributed by atoms with Gasteiger partial charge < -0.3 is 14.5 Å². The summed E-state index contributed by atoms with van der Waals surface area (Å²) in [5.41, 5.74) is 5.48. The Bertz CT molecular complexity index is 1180. The van der Waals surface area contributed by atoms with Crippen LogP contribution in [-0.4, -0.2) is 88.9 Å². The maximum Gasteiger partial charge on any atom is 0.344 e. The summed E-state index contributed by atoms with van der Waals surface area (Å²) in [4.78, 5) is 31.5. The van der Waals surface area contributed by atoms with Gasteiger partial charge in [0.2, 0.25) is 0 Å². The van der Waals surface area contributed by atoms with Gasteiger partial charge in [-0.3, -0.25) is 9.69 Å². The van der Waals surface area contributed by atoms with Gasteiger partial charge in [-0.25, -0.2) is 4.79 Å². The third-order valence-corrected chi connectivity index (χ3v) is 6.81. The smallest absolute Gasteiger partial charge is 0.344 e. The van der Waals surface area contributed by atoms with Gasteiger partial charge in [0.15, 0.2) is 0 Å². The van der Waals surface area contributed by atoms with Crippen LogP contribution in [0.3, 0.4) is 0 Å². The van der Waals surface area contributed by atoms with Crippen LogP contribution in [0.4, 0.5) is 4.79 Å². The summed E-state index contributed by atoms with van der Waals surface area (Å²) in [7, 11) is 0. The first-order valence-electron chi connectivity index (χ1n) is 12.2. The van der Waals surface area contributed by atoms with E-state index in [9.17, 15) is 9.59 Å². The molecular weight excluding hydrogens is 442 g/mol. The van der Waals surface area contributed by atoms with Gasteiger partial charge in [-0.2, -0.15) is 9.78 Å². The van der Waals surface area contributed by atoms with Gasteiger partial charge in [-0.1, -0.05) is 48.5 Å². The summed E-state index contributed by atoms with van der Waals surface area (Å²) < 4.78 is 6.59. The van der Waals surface area contributed by atoms with Crippen LogP contribution in [0, 0.1) is 6.92 Å². The van der Waals surface area contributed by atoms with Crippen LogP contribution in [0.5, 0.6) is 0 Å². The molecule has 2 fully saturated rings. The predicted molar refractivity (Wildman–Crippen MR) is 133 cm³/mol. The van der Waals surface area contributed by atoms with Gasteiger partial charge in [-0.05, 0) is 29.2 Å². The van der Waals surface area contributed by atoms with E-state index in [-0.39, 0.29) is 11.9 Å². The van der Waals surface area contributed by atoms with Crippen LogP contribution >= 0.6 is 0 Å². The molecule has 2 aliphatic heterocycles. The number of morpholine rings is 1. The number of aryl methyl sites for hydroxylation is 1. The Kier molecular flexibility index (Phi) is 6.92. The molecule has 1 aromatic heterocycles. The number of hydrogen-bond donors (Lipinski definition) is 0. The summed E-state index contributed by atoms with van der Waals surface area (Å²) in [5.74, 6) is -0.106. The fourth-order valence-corrected chi connectivity index (χ4v) is 4.65. The van der Waals surface area contributed by atoms with Crippen LogP contribution < -0.4 is 0 Å². The van der Waals surface area contributed by atoms with Gasteiger partial charge in [0, 0.05) is 52.0 Å². The monoisotopic (exact) mass is 473 g/mol. The van der Waals surface area contributed by atoms with Gasteiger partial charge in [-0.15, -0.1) is 0 Å². The number of piperazine rings is 1. The molecule has 0 bridgehead atoms. The summed E-state index contributed by atoms with van der Waals surface area (Å²) in [6.45, 7) is 8.10. The highest BCUT2D eigenvalue weighted by Crippen LogP contribution is 2.23. The number of benzene rings is 2. The second kappa shape index (κ2) is 10.4. The molecule has 0 N–H and O–H groups in total. The predicted octanol–water partition coefficient (Wildman–Crippen LogP) is 3.12. The van der Waals surface area contributed by atoms with Gasteiger partial charge in [0.1, 0.15) is 0 Å². The number of ether oxygens (including phenoxy) is 1. The lowest BCUT2D eigenvalue weighted by Crippen LogP contribution is -2.49. The van der Waals surface area contributed by atoms with Crippen molar-refractivity contribution in [3.8, 4) is 11.1 Å². The molecule has 0 spiro atoms. The minimum absolute atomic E-state index is 0.106. The Morgan fingerprint density at radius 1 is 0.886 bits per heavy atom. The highest BCUT2D eigenvalue weighted by Gasteiger charge is 2.25. The third-order valence-electron chi connectivity index (χ3n) is 6.81. The zero-order valence-corrected chi connectivity index (χ0v) is 20.1. The third kappa shape index (κ3) is 5.28. The number of carbonyl (C=O) groups is 2. The van der Waals surface area contributed by atoms with Gasteiger partial charge in [0.25, 0.3) is 5.91 Å². The van der Waals surface area contributed by atoms with Crippen molar-refractivity contribution >= 4 is 11.9 Å². The largest absolute Gasteiger partial charge is 0.378 e. The van der Waals surface area contributed by atoms with Crippen LogP contribution in [0.25, 0.3) is 11.1 Å². The van der Waals surface area contributed by atoms with Crippen LogP contribution in [0.1, 0.15) is 21.5 Å². The Hall–Kier alpha value is -3.49. The summed E-state index contributed by atoms with van der Waals surface area (Å²) in [6, 6.07) is 16.9. The molecule has 0 atom stereocenters. The zero-order valence-electron chi connectivity index (χ0n) is 20.1. The first-order valence-corrected chi connectivity index (χ1v) is 12.2. The molecule has 35 heavy (non-hydrogen) atoms. The average Bonchev–Trinajstić information content (AvgIpc) is 3.41. The Balaban J connectivity index is 1.15. The topological polar surface area (TPSA) is 70.9 Å². The molecule has 2 saturated heterocycles. The molecule has 182 valence electrons. The number of aromatic nitrogens is 2. The number of nitrogens with zero attached hydrogens (tertiary/aromatic N) is 5. The van der Waals surface area contributed by atoms with E-state index in [1.807, 2.05) is 6.07 Å². The molecule has 5 rings (SSSR count). The number of amides is 2. The molecule has 0 radical (unpaired) electrons. The van der Waals surface area contributed by atoms with E-state index in [1.165, 1.54) is 33.1 Å². The number of hydrogen-bond acceptors (Lipinski definition) is 5. The van der Waals surface area contributed by atoms with E-state index in [0.717, 1.165) is 19.6 Å². The van der Waals surface area contributed by atoms with E-state index >= 15 is 0 Å². The van der Waals surface area contributed by atoms with Crippen molar-refractivity contribution in [2.75, 3.05) is 52.5 Å². The molecule has 0 saturated carbocycles. The van der Waals surface area contributed by atoms with E-state index in [1.54, 1.807) is 16.0 Å². The van der Waals surface area contributed by atoms with Crippen molar-refractivity contribution in [3.63, 3.8) is 0 Å². The molecule has 3 heterocycles. The van der Waals surface area contributed by atoms with E-state index < -0.39 is 0 Å². The molecule has 3 aromatic rings. The lowest BCUT2D eigenvalue weighted by molar-refractivity contribution is 0.0303. The quantitative estimate of drug-likeness (QED) is 0.582. The van der Waals surface area contributed by atoms with Crippen LogP contribution in [0.2, 0.25) is 0 Å².